The number of ether oxygens (including phenoxy) is 1. The lowest BCUT2D eigenvalue weighted by Crippen LogP contribution is -2.55. The summed E-state index contributed by atoms with van der Waals surface area (Å²) in [6.07, 6.45) is 5.15. The Balaban J connectivity index is 1.41. The zero-order valence-corrected chi connectivity index (χ0v) is 16.9. The molecular formula is C19H29N3O4S. The summed E-state index contributed by atoms with van der Waals surface area (Å²) in [5.41, 5.74) is 0.747. The van der Waals surface area contributed by atoms with Gasteiger partial charge >= 0.3 is 0 Å². The van der Waals surface area contributed by atoms with Gasteiger partial charge in [0.15, 0.2) is 0 Å². The average molecular weight is 396 g/mol. The van der Waals surface area contributed by atoms with Crippen LogP contribution in [0.25, 0.3) is 0 Å². The summed E-state index contributed by atoms with van der Waals surface area (Å²) >= 11 is 0. The van der Waals surface area contributed by atoms with Crippen molar-refractivity contribution < 1.29 is 18.3 Å². The Kier molecular flexibility index (Phi) is 4.95. The number of piperidine rings is 1. The first-order valence-corrected chi connectivity index (χ1v) is 11.2. The van der Waals surface area contributed by atoms with Gasteiger partial charge in [0.25, 0.3) is 0 Å². The number of hydrogen-bond acceptors (Lipinski definition) is 6. The number of rotatable bonds is 4. The molecule has 150 valence electrons. The molecule has 1 spiro atoms. The molecule has 3 heterocycles. The van der Waals surface area contributed by atoms with E-state index < -0.39 is 10.0 Å². The second-order valence-corrected chi connectivity index (χ2v) is 10.3. The van der Waals surface area contributed by atoms with E-state index in [4.69, 9.17) is 4.74 Å². The van der Waals surface area contributed by atoms with Crippen molar-refractivity contribution in [2.45, 2.75) is 56.1 Å². The number of pyridine rings is 1. The second-order valence-electron chi connectivity index (χ2n) is 8.35. The van der Waals surface area contributed by atoms with Gasteiger partial charge in [-0.25, -0.2) is 13.4 Å². The maximum absolute atomic E-state index is 13.1. The monoisotopic (exact) mass is 395 g/mol. The van der Waals surface area contributed by atoms with Crippen molar-refractivity contribution >= 4 is 10.0 Å². The molecule has 7 nitrogen and oxygen atoms in total. The zero-order chi connectivity index (χ0) is 19.2. The Morgan fingerprint density at radius 3 is 2.52 bits per heavy atom. The van der Waals surface area contributed by atoms with E-state index in [-0.39, 0.29) is 16.4 Å². The van der Waals surface area contributed by atoms with E-state index in [1.165, 1.54) is 20.0 Å². The summed E-state index contributed by atoms with van der Waals surface area (Å²) in [7, 11) is -2.00. The predicted octanol–water partition coefficient (Wildman–Crippen LogP) is 1.40. The minimum absolute atomic E-state index is 0.158. The number of hydrogen-bond donors (Lipinski definition) is 1. The third-order valence-corrected chi connectivity index (χ3v) is 8.74. The van der Waals surface area contributed by atoms with Gasteiger partial charge < -0.3 is 9.84 Å². The van der Waals surface area contributed by atoms with Crippen LogP contribution in [0.5, 0.6) is 5.88 Å². The van der Waals surface area contributed by atoms with Gasteiger partial charge in [-0.05, 0) is 50.5 Å². The first-order valence-electron chi connectivity index (χ1n) is 9.77. The molecular weight excluding hydrogens is 366 g/mol. The maximum Gasteiger partial charge on any atom is 0.244 e. The van der Waals surface area contributed by atoms with Gasteiger partial charge in [0.2, 0.25) is 15.9 Å². The van der Waals surface area contributed by atoms with Crippen LogP contribution in [0, 0.1) is 12.3 Å². The van der Waals surface area contributed by atoms with Gasteiger partial charge in [-0.3, -0.25) is 4.90 Å². The largest absolute Gasteiger partial charge is 0.481 e. The number of aryl methyl sites for hydroxylation is 1. The molecule has 3 fully saturated rings. The highest BCUT2D eigenvalue weighted by molar-refractivity contribution is 7.89. The SMILES string of the molecule is COc1ccc(S(=O)(=O)N2CCC3(CCC(N4CC(O)C4)C3)CC2)c(C)n1. The smallest absolute Gasteiger partial charge is 0.244 e. The van der Waals surface area contributed by atoms with Crippen LogP contribution in [0.1, 0.15) is 37.8 Å². The molecule has 2 aliphatic heterocycles. The fourth-order valence-corrected chi connectivity index (χ4v) is 6.58. The van der Waals surface area contributed by atoms with E-state index in [1.54, 1.807) is 23.4 Å². The van der Waals surface area contributed by atoms with Gasteiger partial charge in [0, 0.05) is 38.3 Å². The summed E-state index contributed by atoms with van der Waals surface area (Å²) in [6, 6.07) is 3.76. The van der Waals surface area contributed by atoms with Crippen molar-refractivity contribution in [2.24, 2.45) is 5.41 Å². The third kappa shape index (κ3) is 3.48. The first kappa shape index (κ1) is 19.1. The molecule has 1 aliphatic carbocycles. The third-order valence-electron chi connectivity index (χ3n) is 6.71. The molecule has 1 atom stereocenters. The molecule has 4 rings (SSSR count). The molecule has 8 heteroatoms. The van der Waals surface area contributed by atoms with Crippen molar-refractivity contribution in [2.75, 3.05) is 33.3 Å². The van der Waals surface area contributed by atoms with Gasteiger partial charge in [-0.2, -0.15) is 4.31 Å². The number of likely N-dealkylation sites (tertiary alicyclic amines) is 1. The quantitative estimate of drug-likeness (QED) is 0.830. The van der Waals surface area contributed by atoms with Gasteiger partial charge in [-0.1, -0.05) is 0 Å². The van der Waals surface area contributed by atoms with Gasteiger partial charge in [0.1, 0.15) is 4.90 Å². The summed E-state index contributed by atoms with van der Waals surface area (Å²) < 4.78 is 32.9. The van der Waals surface area contributed by atoms with Crippen LogP contribution >= 0.6 is 0 Å². The van der Waals surface area contributed by atoms with Crippen LogP contribution in [0.4, 0.5) is 0 Å². The average Bonchev–Trinajstić information content (AvgIpc) is 3.02. The minimum Gasteiger partial charge on any atom is -0.481 e. The highest BCUT2D eigenvalue weighted by Crippen LogP contribution is 2.49. The Bertz CT molecular complexity index is 799. The molecule has 0 radical (unpaired) electrons. The molecule has 27 heavy (non-hydrogen) atoms. The van der Waals surface area contributed by atoms with Crippen LogP contribution in [-0.2, 0) is 10.0 Å². The summed E-state index contributed by atoms with van der Waals surface area (Å²) in [5, 5.41) is 9.54. The molecule has 1 aromatic rings. The van der Waals surface area contributed by atoms with Crippen LogP contribution in [0.2, 0.25) is 0 Å². The highest BCUT2D eigenvalue weighted by Gasteiger charge is 2.46. The number of methoxy groups -OCH3 is 1. The maximum atomic E-state index is 13.1. The molecule has 1 aromatic heterocycles. The van der Waals surface area contributed by atoms with Crippen LogP contribution < -0.4 is 4.74 Å². The fourth-order valence-electron chi connectivity index (χ4n) is 4.98. The number of sulfonamides is 1. The number of aliphatic hydroxyl groups excluding tert-OH is 1. The van der Waals surface area contributed by atoms with Crippen LogP contribution in [-0.4, -0.2) is 73.1 Å². The predicted molar refractivity (Wildman–Crippen MR) is 101 cm³/mol. The molecule has 0 bridgehead atoms. The topological polar surface area (TPSA) is 83.0 Å². The van der Waals surface area contributed by atoms with Crippen LogP contribution in [0.3, 0.4) is 0 Å². The van der Waals surface area contributed by atoms with E-state index in [0.717, 1.165) is 32.4 Å². The standard InChI is InChI=1S/C19H29N3O4S/c1-14-17(3-4-18(20-14)26-2)27(24,25)22-9-7-19(8-10-22)6-5-15(11-19)21-12-16(23)13-21/h3-4,15-16,23H,5-13H2,1-2H3. The van der Waals surface area contributed by atoms with E-state index in [0.29, 0.717) is 30.7 Å². The van der Waals surface area contributed by atoms with Crippen molar-refractivity contribution in [1.29, 1.82) is 0 Å². The number of aliphatic hydroxyl groups is 1. The van der Waals surface area contributed by atoms with E-state index in [1.807, 2.05) is 0 Å². The lowest BCUT2D eigenvalue weighted by molar-refractivity contribution is -0.0270. The van der Waals surface area contributed by atoms with Crippen molar-refractivity contribution in [1.82, 2.24) is 14.2 Å². The molecule has 1 saturated carbocycles. The van der Waals surface area contributed by atoms with Crippen LogP contribution in [0.15, 0.2) is 17.0 Å². The highest BCUT2D eigenvalue weighted by atomic mass is 32.2. The summed E-state index contributed by atoms with van der Waals surface area (Å²) in [6.45, 7) is 4.45. The molecule has 1 unspecified atom stereocenters. The number of nitrogens with zero attached hydrogens (tertiary/aromatic N) is 3. The number of β-amino-alcohol motifs (C(OH)–C–C–N with tert-alkyl or cyclic N) is 1. The van der Waals surface area contributed by atoms with E-state index >= 15 is 0 Å². The van der Waals surface area contributed by atoms with E-state index in [2.05, 4.69) is 9.88 Å². The lowest BCUT2D eigenvalue weighted by atomic mass is 9.77. The first-order chi connectivity index (χ1) is 12.8. The molecule has 2 saturated heterocycles. The molecule has 0 amide bonds. The lowest BCUT2D eigenvalue weighted by Gasteiger charge is -2.43. The second kappa shape index (κ2) is 6.99. The van der Waals surface area contributed by atoms with Crippen molar-refractivity contribution in [3.63, 3.8) is 0 Å². The Hall–Kier alpha value is -1.22. The zero-order valence-electron chi connectivity index (χ0n) is 16.1. The van der Waals surface area contributed by atoms with Crippen molar-refractivity contribution in [3.8, 4) is 5.88 Å². The Morgan fingerprint density at radius 1 is 1.22 bits per heavy atom. The van der Waals surface area contributed by atoms with Crippen molar-refractivity contribution in [3.05, 3.63) is 17.8 Å². The number of aromatic nitrogens is 1. The summed E-state index contributed by atoms with van der Waals surface area (Å²) in [4.78, 5) is 6.88. The summed E-state index contributed by atoms with van der Waals surface area (Å²) in [5.74, 6) is 0.428. The van der Waals surface area contributed by atoms with Gasteiger partial charge in [-0.15, -0.1) is 0 Å². The Labute approximate surface area is 161 Å². The molecule has 3 aliphatic rings. The normalized spacial score (nSPS) is 27.0. The fraction of sp³-hybridized carbons (Fsp3) is 0.737. The minimum atomic E-state index is -3.52. The molecule has 1 N–H and O–H groups in total. The van der Waals surface area contributed by atoms with Gasteiger partial charge in [0.05, 0.1) is 18.9 Å². The van der Waals surface area contributed by atoms with E-state index in [9.17, 15) is 13.5 Å². The molecule has 0 aromatic carbocycles. The Morgan fingerprint density at radius 2 is 1.93 bits per heavy atom.